The number of aliphatic imine (C=N–C) groups is 4. The average molecular weight is 1910 g/mol. The van der Waals surface area contributed by atoms with Crippen LogP contribution in [-0.4, -0.2) is 181 Å². The number of nitrogens with one attached hydrogen (secondary N) is 5. The number of ether oxygens (including phenoxy) is 4. The second kappa shape index (κ2) is 48.7. The Morgan fingerprint density at radius 3 is 0.940 bits per heavy atom. The molecular formula is C90H94F8N22O9S4. The molecule has 0 fully saturated rings. The third-order valence-electron chi connectivity index (χ3n) is 20.4. The number of amidine groups is 1. The lowest BCUT2D eigenvalue weighted by atomic mass is 10.0. The lowest BCUT2D eigenvalue weighted by Crippen LogP contribution is -2.48. The van der Waals surface area contributed by atoms with Crippen molar-refractivity contribution in [2.24, 2.45) is 51.8 Å². The molecule has 0 aliphatic carbocycles. The van der Waals surface area contributed by atoms with Gasteiger partial charge in [0.05, 0.1) is 7.11 Å². The molecule has 31 nitrogen and oxygen atoms in total. The number of amides is 4. The zero-order valence-corrected chi connectivity index (χ0v) is 76.9. The van der Waals surface area contributed by atoms with Crippen molar-refractivity contribution in [3.8, 4) is 18.6 Å². The Morgan fingerprint density at radius 2 is 0.677 bits per heavy atom. The highest BCUT2D eigenvalue weighted by Crippen LogP contribution is 2.55. The minimum absolute atomic E-state index is 0.0356. The molecule has 0 saturated heterocycles. The minimum Gasteiger partial charge on any atom is -0.372 e. The van der Waals surface area contributed by atoms with E-state index in [1.165, 1.54) is 62.6 Å². The van der Waals surface area contributed by atoms with Gasteiger partial charge in [0.15, 0.2) is 18.6 Å². The van der Waals surface area contributed by atoms with Crippen LogP contribution in [-0.2, 0) is 62.4 Å². The van der Waals surface area contributed by atoms with Crippen molar-refractivity contribution in [2.45, 2.75) is 104 Å². The van der Waals surface area contributed by atoms with Crippen LogP contribution in [0.3, 0.4) is 0 Å². The second-order valence-corrected chi connectivity index (χ2v) is 33.8. The van der Waals surface area contributed by atoms with Gasteiger partial charge in [-0.1, -0.05) is 168 Å². The van der Waals surface area contributed by atoms with E-state index in [1.807, 2.05) is 115 Å². The fourth-order valence-corrected chi connectivity index (χ4v) is 18.9. The van der Waals surface area contributed by atoms with Gasteiger partial charge in [0.1, 0.15) is 116 Å². The van der Waals surface area contributed by atoms with Crippen LogP contribution in [0.15, 0.2) is 234 Å². The van der Waals surface area contributed by atoms with Crippen molar-refractivity contribution in [3.05, 3.63) is 285 Å². The van der Waals surface area contributed by atoms with Crippen molar-refractivity contribution in [2.75, 3.05) is 68.8 Å². The summed E-state index contributed by atoms with van der Waals surface area (Å²) in [6.07, 6.45) is 3.03. The zero-order chi connectivity index (χ0) is 96.7. The van der Waals surface area contributed by atoms with Gasteiger partial charge in [0.2, 0.25) is 17.9 Å². The largest absolute Gasteiger partial charge is 0.372 e. The Kier molecular flexibility index (Phi) is 37.9. The number of guanidine groups is 3. The summed E-state index contributed by atoms with van der Waals surface area (Å²) in [6, 6.07) is 49.0. The van der Waals surface area contributed by atoms with Gasteiger partial charge in [-0.05, 0) is 130 Å². The maximum Gasteiger partial charge on any atom is 0.273 e. The summed E-state index contributed by atoms with van der Waals surface area (Å²) in [5.41, 5.74) is 16.6. The molecule has 9 N–H and O–H groups in total. The number of hydrogen-bond donors (Lipinski definition) is 7. The Labute approximate surface area is 779 Å². The molecule has 12 rings (SSSR count). The van der Waals surface area contributed by atoms with E-state index in [2.05, 4.69) is 67.1 Å². The molecule has 43 heteroatoms. The number of methoxy groups -OCH3 is 4. The highest BCUT2D eigenvalue weighted by Gasteiger charge is 2.54. The SMILES string of the molecule is CN=C(NC#N)NCCC1(c2ccccc2)SC(c2cc(F)ccc2F)=NN1C(=O)[C@H](C)OC.CONC(N)=NCCC1(c2ccccc2)SC(c2cc(F)ccc2F)=NN1C(=O)[C@H](C)OC.CO[C@@H](C)C(=O)N1N=C(c2cc(F)ccc2F)SC1(CCN=C(C)NC#N)c1ccccc1.CO[C@@H](C)C(=O)N1N=C(c2cc(F)ccc2F)SC1(CCN=C(N)NC#N)c1ccccc1. The first-order chi connectivity index (χ1) is 63.8. The molecule has 4 amide bonds. The second-order valence-electron chi connectivity index (χ2n) is 28.8. The van der Waals surface area contributed by atoms with E-state index < -0.39 is 114 Å². The van der Waals surface area contributed by atoms with Gasteiger partial charge >= 0.3 is 0 Å². The number of thioether (sulfide) groups is 4. The lowest BCUT2D eigenvalue weighted by molar-refractivity contribution is -0.145. The van der Waals surface area contributed by atoms with Crippen molar-refractivity contribution in [1.82, 2.24) is 46.8 Å². The van der Waals surface area contributed by atoms with Crippen molar-refractivity contribution in [3.63, 3.8) is 0 Å². The fraction of sp³-hybridized carbons (Fsp3) is 0.300. The number of hydrogen-bond acceptors (Lipinski definition) is 24. The molecule has 0 radical (unpaired) electrons. The quantitative estimate of drug-likeness (QED) is 0.00572. The molecule has 133 heavy (non-hydrogen) atoms. The maximum absolute atomic E-state index is 14.7. The number of carbonyl (C=O) groups excluding carboxylic acids is 4. The van der Waals surface area contributed by atoms with Gasteiger partial charge in [-0.25, -0.2) is 60.6 Å². The summed E-state index contributed by atoms with van der Waals surface area (Å²) in [4.78, 5) is 70.3. The molecule has 698 valence electrons. The van der Waals surface area contributed by atoms with E-state index in [4.69, 9.17) is 51.0 Å². The van der Waals surface area contributed by atoms with Gasteiger partial charge in [-0.15, -0.1) is 0 Å². The van der Waals surface area contributed by atoms with Crippen molar-refractivity contribution in [1.29, 1.82) is 15.8 Å². The smallest absolute Gasteiger partial charge is 0.273 e. The van der Waals surface area contributed by atoms with Gasteiger partial charge in [-0.2, -0.15) is 36.2 Å². The monoisotopic (exact) mass is 1910 g/mol. The summed E-state index contributed by atoms with van der Waals surface area (Å²) in [5, 5.41) is 60.0. The first-order valence-corrected chi connectivity index (χ1v) is 43.8. The third-order valence-corrected chi connectivity index (χ3v) is 26.2. The van der Waals surface area contributed by atoms with E-state index >= 15 is 0 Å². The van der Waals surface area contributed by atoms with Gasteiger partial charge in [0, 0.05) is 110 Å². The number of rotatable bonds is 29. The Balaban J connectivity index is 0.000000199. The number of nitrogens with two attached hydrogens (primary N) is 2. The number of hydroxylamine groups is 1. The van der Waals surface area contributed by atoms with Crippen LogP contribution in [0.1, 0.15) is 105 Å². The van der Waals surface area contributed by atoms with Crippen LogP contribution >= 0.6 is 47.0 Å². The molecule has 0 aromatic heterocycles. The average Bonchev–Trinajstić information content (AvgIpc) is 1.61. The number of carbonyl (C=O) groups is 4. The van der Waals surface area contributed by atoms with Crippen LogP contribution in [0.5, 0.6) is 0 Å². The number of hydrazone groups is 4. The predicted molar refractivity (Wildman–Crippen MR) is 495 cm³/mol. The standard InChI is InChI=1S/C23H24F2N6O2S.C23H23F2N5O2S.C22H22F2N6O2S.C22H25F2N5O3S/c1-15(33-3)21(32)31-23(16-7-5-4-6-8-16,11-12-28-22(27-2)29-14-26)34-20(30-31)18-13-17(24)9-10-19(18)25;1-15(32-3)22(31)30-23(17-7-5-4-6-8-17,11-12-27-16(2)28-14-26)33-21(29-30)19-13-18(24)9-10-20(19)25;1-14(32-2)20(31)30-22(15-6-4-3-5-7-15,10-11-27-21(26)28-13-25)33-19(29-30)17-12-16(23)8-9-18(17)24;1-14(31-2)20(30)29-22(15-7-5-4-6-8-15,11-12-26-21(25)28-32-3)33-19(27-29)17-13-16(23)9-10-18(17)24/h4-10,13,15H,11-12H2,1-3H3,(H2,27,28,29);4-10,13,15H,11-12H2,1-3H3,(H,27,28);3-9,12,14H,10-11H2,1-2H3,(H3,26,27,28);4-10,13-14H,11-12H2,1-3H3,(H3,25,26,28)/t2*15-,23?;2*14-,22?/m0000/s1. The van der Waals surface area contributed by atoms with Crippen LogP contribution in [0.2, 0.25) is 0 Å². The van der Waals surface area contributed by atoms with Crippen LogP contribution in [0.25, 0.3) is 0 Å². The van der Waals surface area contributed by atoms with Gasteiger partial charge < -0.3 is 35.7 Å². The van der Waals surface area contributed by atoms with Crippen molar-refractivity contribution >= 4 is 115 Å². The lowest BCUT2D eigenvalue weighted by Gasteiger charge is -2.37. The molecule has 4 aliphatic rings. The molecule has 8 aromatic rings. The summed E-state index contributed by atoms with van der Waals surface area (Å²) >= 11 is 4.57. The normalized spacial score (nSPS) is 19.1. The number of nitriles is 3. The summed E-state index contributed by atoms with van der Waals surface area (Å²) in [7, 11) is 8.55. The number of nitrogens with zero attached hydrogens (tertiary/aromatic N) is 15. The maximum atomic E-state index is 14.7. The van der Waals surface area contributed by atoms with Crippen LogP contribution < -0.4 is 38.2 Å². The Morgan fingerprint density at radius 1 is 0.406 bits per heavy atom. The predicted octanol–water partition coefficient (Wildman–Crippen LogP) is 12.9. The number of halogens is 8. The third kappa shape index (κ3) is 25.3. The summed E-state index contributed by atoms with van der Waals surface area (Å²) < 4.78 is 135. The molecule has 8 aromatic carbocycles. The molecule has 0 saturated carbocycles. The Bertz CT molecular complexity index is 5660. The van der Waals surface area contributed by atoms with Crippen LogP contribution in [0.4, 0.5) is 35.1 Å². The van der Waals surface area contributed by atoms with E-state index in [-0.39, 0.29) is 106 Å². The van der Waals surface area contributed by atoms with E-state index in [0.29, 0.717) is 17.8 Å². The first-order valence-electron chi connectivity index (χ1n) is 40.5. The summed E-state index contributed by atoms with van der Waals surface area (Å²) in [6.45, 7) is 8.83. The van der Waals surface area contributed by atoms with Gasteiger partial charge in [-0.3, -0.25) is 59.9 Å². The van der Waals surface area contributed by atoms with Crippen LogP contribution in [0, 0.1) is 80.9 Å². The van der Waals surface area contributed by atoms with E-state index in [0.717, 1.165) is 137 Å². The first kappa shape index (κ1) is 103. The molecule has 4 unspecified atom stereocenters. The molecule has 4 heterocycles. The molecule has 8 atom stereocenters. The fourth-order valence-electron chi connectivity index (χ4n) is 13.4. The van der Waals surface area contributed by atoms with E-state index in [9.17, 15) is 54.3 Å². The minimum atomic E-state index is -1.14. The highest BCUT2D eigenvalue weighted by molar-refractivity contribution is 8.16. The molecule has 0 bridgehead atoms. The van der Waals surface area contributed by atoms with Crippen molar-refractivity contribution < 1.29 is 78.1 Å². The summed E-state index contributed by atoms with van der Waals surface area (Å²) in [5.74, 6) is -6.21. The zero-order valence-electron chi connectivity index (χ0n) is 73.6. The number of benzene rings is 8. The topological polar surface area (TPSA) is 410 Å². The Hall–Kier alpha value is -13.3. The molecular weight excluding hydrogens is 1810 g/mol. The molecule has 0 spiro atoms. The van der Waals surface area contributed by atoms with Gasteiger partial charge in [0.25, 0.3) is 23.6 Å². The molecule has 4 aliphatic heterocycles. The van der Waals surface area contributed by atoms with E-state index in [1.54, 1.807) is 59.1 Å². The highest BCUT2D eigenvalue weighted by atomic mass is 32.2.